The third-order valence-corrected chi connectivity index (χ3v) is 3.40. The van der Waals surface area contributed by atoms with Crippen LogP contribution in [0.1, 0.15) is 13.8 Å². The van der Waals surface area contributed by atoms with Gasteiger partial charge in [0.2, 0.25) is 0 Å². The van der Waals surface area contributed by atoms with Crippen LogP contribution in [0.15, 0.2) is 4.99 Å². The summed E-state index contributed by atoms with van der Waals surface area (Å²) in [5, 5.41) is 4.48. The Hall–Kier alpha value is -0.220. The molecule has 0 unspecified atom stereocenters. The van der Waals surface area contributed by atoms with Gasteiger partial charge in [-0.2, -0.15) is 0 Å². The van der Waals surface area contributed by atoms with Crippen molar-refractivity contribution in [3.8, 4) is 0 Å². The first-order chi connectivity index (χ1) is 6.02. The van der Waals surface area contributed by atoms with Gasteiger partial charge < -0.3 is 10.2 Å². The number of amidine groups is 1. The quantitative estimate of drug-likeness (QED) is 0.739. The minimum atomic E-state index is 0.186. The van der Waals surface area contributed by atoms with Gasteiger partial charge in [-0.05, 0) is 27.9 Å². The van der Waals surface area contributed by atoms with Crippen LogP contribution in [0.2, 0.25) is 0 Å². The fraction of sp³-hybridized carbons (Fsp3) is 0.889. The fourth-order valence-corrected chi connectivity index (χ4v) is 1.62. The third kappa shape index (κ3) is 3.19. The van der Waals surface area contributed by atoms with Crippen molar-refractivity contribution >= 4 is 16.9 Å². The van der Waals surface area contributed by atoms with Crippen molar-refractivity contribution in [1.29, 1.82) is 0 Å². The molecule has 0 spiro atoms. The number of hydrogen-bond donors (Lipinski definition) is 1. The number of hydrogen-bond acceptors (Lipinski definition) is 4. The lowest BCUT2D eigenvalue weighted by Gasteiger charge is -2.32. The zero-order valence-corrected chi connectivity index (χ0v) is 9.74. The molecule has 0 aliphatic carbocycles. The standard InChI is InChI=1S/C9H19N3S/c1-9(2,12(3)4)7-11-8-10-5-6-13-8/h5-7H2,1-4H3,(H,10,11). The van der Waals surface area contributed by atoms with Crippen LogP contribution in [0, 0.1) is 0 Å². The van der Waals surface area contributed by atoms with E-state index in [-0.39, 0.29) is 5.54 Å². The van der Waals surface area contributed by atoms with E-state index in [0.717, 1.165) is 24.0 Å². The highest BCUT2D eigenvalue weighted by molar-refractivity contribution is 8.14. The predicted octanol–water partition coefficient (Wildman–Crippen LogP) is 1.02. The van der Waals surface area contributed by atoms with Gasteiger partial charge in [0.15, 0.2) is 5.17 Å². The zero-order chi connectivity index (χ0) is 9.90. The van der Waals surface area contributed by atoms with Crippen LogP contribution < -0.4 is 5.32 Å². The van der Waals surface area contributed by atoms with Gasteiger partial charge in [0, 0.05) is 17.8 Å². The highest BCUT2D eigenvalue weighted by Gasteiger charge is 2.21. The van der Waals surface area contributed by atoms with E-state index in [1.54, 1.807) is 0 Å². The summed E-state index contributed by atoms with van der Waals surface area (Å²) in [5.74, 6) is 1.13. The predicted molar refractivity (Wildman–Crippen MR) is 60.5 cm³/mol. The lowest BCUT2D eigenvalue weighted by molar-refractivity contribution is 0.198. The van der Waals surface area contributed by atoms with Crippen LogP contribution in [0.3, 0.4) is 0 Å². The van der Waals surface area contributed by atoms with Crippen LogP contribution in [-0.2, 0) is 0 Å². The van der Waals surface area contributed by atoms with Crippen LogP contribution >= 0.6 is 11.8 Å². The molecule has 0 aromatic rings. The summed E-state index contributed by atoms with van der Waals surface area (Å²) < 4.78 is 0. The second-order valence-corrected chi connectivity index (χ2v) is 5.18. The van der Waals surface area contributed by atoms with E-state index in [9.17, 15) is 0 Å². The minimum Gasteiger partial charge on any atom is -0.363 e. The van der Waals surface area contributed by atoms with Crippen molar-refractivity contribution in [2.24, 2.45) is 4.99 Å². The van der Waals surface area contributed by atoms with E-state index < -0.39 is 0 Å². The van der Waals surface area contributed by atoms with Gasteiger partial charge >= 0.3 is 0 Å². The molecule has 13 heavy (non-hydrogen) atoms. The second kappa shape index (κ2) is 4.33. The Morgan fingerprint density at radius 2 is 2.23 bits per heavy atom. The SMILES string of the molecule is CN(C)C(C)(C)CNC1=NCCS1. The molecular formula is C9H19N3S. The number of nitrogens with one attached hydrogen (secondary N) is 1. The second-order valence-electron chi connectivity index (χ2n) is 4.10. The van der Waals surface area contributed by atoms with Crippen molar-refractivity contribution < 1.29 is 0 Å². The van der Waals surface area contributed by atoms with Gasteiger partial charge in [-0.1, -0.05) is 11.8 Å². The number of thioether (sulfide) groups is 1. The summed E-state index contributed by atoms with van der Waals surface area (Å²) in [6.07, 6.45) is 0. The summed E-state index contributed by atoms with van der Waals surface area (Å²) in [7, 11) is 4.20. The van der Waals surface area contributed by atoms with E-state index >= 15 is 0 Å². The van der Waals surface area contributed by atoms with Crippen LogP contribution in [0.5, 0.6) is 0 Å². The van der Waals surface area contributed by atoms with Gasteiger partial charge in [-0.15, -0.1) is 0 Å². The zero-order valence-electron chi connectivity index (χ0n) is 8.92. The Labute approximate surface area is 85.0 Å². The molecule has 0 aromatic heterocycles. The maximum absolute atomic E-state index is 4.35. The summed E-state index contributed by atoms with van der Waals surface area (Å²) in [5.41, 5.74) is 0.186. The molecular weight excluding hydrogens is 182 g/mol. The lowest BCUT2D eigenvalue weighted by Crippen LogP contribution is -2.47. The number of likely N-dealkylation sites (N-methyl/N-ethyl adjacent to an activating group) is 1. The monoisotopic (exact) mass is 201 g/mol. The van der Waals surface area contributed by atoms with Gasteiger partial charge in [0.25, 0.3) is 0 Å². The van der Waals surface area contributed by atoms with Gasteiger partial charge in [-0.25, -0.2) is 0 Å². The van der Waals surface area contributed by atoms with Gasteiger partial charge in [-0.3, -0.25) is 4.99 Å². The molecule has 1 aliphatic rings. The Bertz CT molecular complexity index is 199. The molecule has 4 heteroatoms. The van der Waals surface area contributed by atoms with Crippen molar-refractivity contribution in [3.05, 3.63) is 0 Å². The molecule has 0 radical (unpaired) electrons. The van der Waals surface area contributed by atoms with E-state index in [0.29, 0.717) is 0 Å². The molecule has 1 aliphatic heterocycles. The largest absolute Gasteiger partial charge is 0.363 e. The minimum absolute atomic E-state index is 0.186. The molecule has 0 saturated heterocycles. The molecule has 0 atom stereocenters. The first kappa shape index (κ1) is 10.9. The molecule has 0 amide bonds. The number of aliphatic imine (C=N–C) groups is 1. The molecule has 76 valence electrons. The average molecular weight is 201 g/mol. The van der Waals surface area contributed by atoms with Crippen LogP contribution in [-0.4, -0.2) is 48.5 Å². The van der Waals surface area contributed by atoms with Gasteiger partial charge in [0.1, 0.15) is 0 Å². The molecule has 1 rings (SSSR count). The van der Waals surface area contributed by atoms with E-state index in [4.69, 9.17) is 0 Å². The summed E-state index contributed by atoms with van der Waals surface area (Å²) in [6, 6.07) is 0. The Morgan fingerprint density at radius 1 is 1.54 bits per heavy atom. The summed E-state index contributed by atoms with van der Waals surface area (Å²) in [4.78, 5) is 6.57. The highest BCUT2D eigenvalue weighted by Crippen LogP contribution is 2.12. The first-order valence-electron chi connectivity index (χ1n) is 4.61. The first-order valence-corrected chi connectivity index (χ1v) is 5.59. The van der Waals surface area contributed by atoms with E-state index in [1.165, 1.54) is 0 Å². The lowest BCUT2D eigenvalue weighted by atomic mass is 10.1. The summed E-state index contributed by atoms with van der Waals surface area (Å²) >= 11 is 1.82. The Morgan fingerprint density at radius 3 is 2.69 bits per heavy atom. The van der Waals surface area contributed by atoms with E-state index in [2.05, 4.69) is 43.2 Å². The maximum atomic E-state index is 4.35. The van der Waals surface area contributed by atoms with E-state index in [1.807, 2.05) is 11.8 Å². The molecule has 0 saturated carbocycles. The fourth-order valence-electron chi connectivity index (χ4n) is 0.892. The maximum Gasteiger partial charge on any atom is 0.156 e. The molecule has 0 aromatic carbocycles. The van der Waals surface area contributed by atoms with Crippen LogP contribution in [0.25, 0.3) is 0 Å². The average Bonchev–Trinajstić information content (AvgIpc) is 2.52. The topological polar surface area (TPSA) is 27.6 Å². The van der Waals surface area contributed by atoms with Gasteiger partial charge in [0.05, 0.1) is 6.54 Å². The van der Waals surface area contributed by atoms with Crippen molar-refractivity contribution in [2.75, 3.05) is 32.9 Å². The van der Waals surface area contributed by atoms with Crippen molar-refractivity contribution in [2.45, 2.75) is 19.4 Å². The summed E-state index contributed by atoms with van der Waals surface area (Å²) in [6.45, 7) is 6.36. The Balaban J connectivity index is 2.32. The number of nitrogens with zero attached hydrogens (tertiary/aromatic N) is 2. The Kier molecular flexibility index (Phi) is 3.62. The molecule has 0 bridgehead atoms. The molecule has 1 N–H and O–H groups in total. The van der Waals surface area contributed by atoms with Crippen LogP contribution in [0.4, 0.5) is 0 Å². The molecule has 3 nitrogen and oxygen atoms in total. The highest BCUT2D eigenvalue weighted by atomic mass is 32.2. The smallest absolute Gasteiger partial charge is 0.156 e. The van der Waals surface area contributed by atoms with Crippen molar-refractivity contribution in [3.63, 3.8) is 0 Å². The number of rotatable bonds is 3. The normalized spacial score (nSPS) is 17.8. The molecule has 1 heterocycles. The third-order valence-electron chi connectivity index (χ3n) is 2.47. The molecule has 0 fully saturated rings. The van der Waals surface area contributed by atoms with Crippen molar-refractivity contribution in [1.82, 2.24) is 10.2 Å².